The molecule has 52 valence electrons. The molecule has 0 spiro atoms. The number of aryl methyl sites for hydroxylation is 1. The van der Waals surface area contributed by atoms with Crippen LogP contribution >= 0.6 is 0 Å². The van der Waals surface area contributed by atoms with Crippen LogP contribution in [0, 0.1) is 5.41 Å². The summed E-state index contributed by atoms with van der Waals surface area (Å²) in [5, 5.41) is 17.2. The Morgan fingerprint density at radius 2 is 2.00 bits per heavy atom. The Bertz CT molecular complexity index is 240. The molecule has 10 heavy (non-hydrogen) atoms. The van der Waals surface area contributed by atoms with E-state index in [9.17, 15) is 5.11 Å². The lowest BCUT2D eigenvalue weighted by atomic mass is 10.3. The summed E-state index contributed by atoms with van der Waals surface area (Å²) in [6.07, 6.45) is 3.48. The molecule has 1 aromatic heterocycles. The zero-order valence-electron chi connectivity index (χ0n) is 5.66. The Labute approximate surface area is 59.1 Å². The van der Waals surface area contributed by atoms with Crippen molar-refractivity contribution in [2.45, 2.75) is 0 Å². The standard InChI is InChI=1S/C7H8N2O/c1-9-4-2-6(3-5-9)7(8)10/h2-5H,1H3,(H-,8,10). The molecule has 1 aromatic rings. The summed E-state index contributed by atoms with van der Waals surface area (Å²) in [6, 6.07) is 3.24. The first-order valence-electron chi connectivity index (χ1n) is 2.91. The maximum atomic E-state index is 10.4. The molecule has 0 atom stereocenters. The number of hydrogen-bond acceptors (Lipinski definition) is 2. The molecule has 0 aliphatic carbocycles. The van der Waals surface area contributed by atoms with Gasteiger partial charge < -0.3 is 10.5 Å². The lowest BCUT2D eigenvalue weighted by molar-refractivity contribution is -0.671. The van der Waals surface area contributed by atoms with E-state index in [1.807, 2.05) is 11.6 Å². The third-order valence-corrected chi connectivity index (χ3v) is 1.24. The number of rotatable bonds is 1. The van der Waals surface area contributed by atoms with Crippen LogP contribution in [0.15, 0.2) is 24.5 Å². The summed E-state index contributed by atoms with van der Waals surface area (Å²) in [5.74, 6) is -0.638. The van der Waals surface area contributed by atoms with E-state index in [0.29, 0.717) is 5.56 Å². The van der Waals surface area contributed by atoms with Crippen LogP contribution in [0.3, 0.4) is 0 Å². The molecule has 0 saturated carbocycles. The second-order valence-corrected chi connectivity index (χ2v) is 2.08. The smallest absolute Gasteiger partial charge is 0.169 e. The van der Waals surface area contributed by atoms with Crippen molar-refractivity contribution in [2.24, 2.45) is 7.05 Å². The minimum Gasteiger partial charge on any atom is -0.859 e. The molecule has 0 amide bonds. The molecule has 0 aromatic carbocycles. The Hall–Kier alpha value is -1.38. The van der Waals surface area contributed by atoms with Crippen molar-refractivity contribution in [3.8, 4) is 0 Å². The average molecular weight is 136 g/mol. The van der Waals surface area contributed by atoms with E-state index in [1.54, 1.807) is 24.5 Å². The highest BCUT2D eigenvalue weighted by Gasteiger charge is 1.92. The minimum atomic E-state index is -0.638. The topological polar surface area (TPSA) is 50.8 Å². The largest absolute Gasteiger partial charge is 0.859 e. The van der Waals surface area contributed by atoms with Gasteiger partial charge in [0.15, 0.2) is 12.4 Å². The predicted octanol–water partition coefficient (Wildman–Crippen LogP) is -0.803. The van der Waals surface area contributed by atoms with E-state index in [-0.39, 0.29) is 0 Å². The normalized spacial score (nSPS) is 9.30. The zero-order valence-corrected chi connectivity index (χ0v) is 5.66. The Balaban J connectivity index is 3.00. The van der Waals surface area contributed by atoms with Gasteiger partial charge in [-0.05, 0) is 11.5 Å². The molecule has 1 N–H and O–H groups in total. The summed E-state index contributed by atoms with van der Waals surface area (Å²) in [6.45, 7) is 0. The monoisotopic (exact) mass is 136 g/mol. The fourth-order valence-electron chi connectivity index (χ4n) is 0.652. The number of pyridine rings is 1. The second-order valence-electron chi connectivity index (χ2n) is 2.08. The molecular formula is C7H8N2O. The van der Waals surface area contributed by atoms with Crippen LogP contribution in [0.25, 0.3) is 0 Å². The number of aromatic nitrogens is 1. The molecule has 0 radical (unpaired) electrons. The Morgan fingerprint density at radius 3 is 2.40 bits per heavy atom. The van der Waals surface area contributed by atoms with Gasteiger partial charge in [0.1, 0.15) is 7.05 Å². The van der Waals surface area contributed by atoms with Gasteiger partial charge in [-0.2, -0.15) is 0 Å². The first-order chi connectivity index (χ1) is 4.70. The molecule has 3 heteroatoms. The molecule has 0 fully saturated rings. The molecular weight excluding hydrogens is 128 g/mol. The highest BCUT2D eigenvalue weighted by Crippen LogP contribution is 1.90. The van der Waals surface area contributed by atoms with Crippen molar-refractivity contribution in [1.82, 2.24) is 0 Å². The highest BCUT2D eigenvalue weighted by atomic mass is 16.3. The summed E-state index contributed by atoms with van der Waals surface area (Å²) in [5.41, 5.74) is 0.429. The van der Waals surface area contributed by atoms with E-state index in [2.05, 4.69) is 0 Å². The van der Waals surface area contributed by atoms with Crippen LogP contribution < -0.4 is 9.67 Å². The van der Waals surface area contributed by atoms with Crippen LogP contribution in [0.2, 0.25) is 0 Å². The number of hydrogen-bond donors (Lipinski definition) is 1. The van der Waals surface area contributed by atoms with Crippen molar-refractivity contribution >= 4 is 5.90 Å². The van der Waals surface area contributed by atoms with Gasteiger partial charge in [-0.3, -0.25) is 0 Å². The predicted molar refractivity (Wildman–Crippen MR) is 34.4 cm³/mol. The summed E-state index contributed by atoms with van der Waals surface area (Å²) in [4.78, 5) is 0. The van der Waals surface area contributed by atoms with Crippen LogP contribution in [-0.2, 0) is 7.05 Å². The van der Waals surface area contributed by atoms with Gasteiger partial charge in [0.2, 0.25) is 0 Å². The molecule has 0 unspecified atom stereocenters. The van der Waals surface area contributed by atoms with Crippen LogP contribution in [0.1, 0.15) is 5.56 Å². The quantitative estimate of drug-likeness (QED) is 0.306. The van der Waals surface area contributed by atoms with E-state index >= 15 is 0 Å². The first-order valence-corrected chi connectivity index (χ1v) is 2.91. The lowest BCUT2D eigenvalue weighted by Gasteiger charge is -2.03. The van der Waals surface area contributed by atoms with Gasteiger partial charge in [-0.15, -0.1) is 0 Å². The van der Waals surface area contributed by atoms with Crippen LogP contribution in [0.5, 0.6) is 0 Å². The third kappa shape index (κ3) is 1.31. The number of nitrogens with zero attached hydrogens (tertiary/aromatic N) is 1. The van der Waals surface area contributed by atoms with E-state index in [4.69, 9.17) is 5.41 Å². The summed E-state index contributed by atoms with van der Waals surface area (Å²) < 4.78 is 1.81. The molecule has 3 nitrogen and oxygen atoms in total. The van der Waals surface area contributed by atoms with Gasteiger partial charge in [0.25, 0.3) is 0 Å². The summed E-state index contributed by atoms with van der Waals surface area (Å²) in [7, 11) is 1.86. The van der Waals surface area contributed by atoms with Crippen molar-refractivity contribution in [3.05, 3.63) is 30.1 Å². The van der Waals surface area contributed by atoms with Gasteiger partial charge in [0, 0.05) is 12.1 Å². The maximum Gasteiger partial charge on any atom is 0.169 e. The van der Waals surface area contributed by atoms with Crippen LogP contribution in [-0.4, -0.2) is 5.90 Å². The SMILES string of the molecule is C[n+]1ccc(C(=N)[O-])cc1. The number of nitrogens with one attached hydrogen (secondary N) is 1. The fourth-order valence-corrected chi connectivity index (χ4v) is 0.652. The van der Waals surface area contributed by atoms with Gasteiger partial charge in [0.05, 0.1) is 0 Å². The highest BCUT2D eigenvalue weighted by molar-refractivity contribution is 5.87. The molecule has 0 bridgehead atoms. The van der Waals surface area contributed by atoms with Crippen molar-refractivity contribution < 1.29 is 9.67 Å². The third-order valence-electron chi connectivity index (χ3n) is 1.24. The van der Waals surface area contributed by atoms with Gasteiger partial charge in [-0.1, -0.05) is 0 Å². The zero-order chi connectivity index (χ0) is 7.56. The Kier molecular flexibility index (Phi) is 1.67. The van der Waals surface area contributed by atoms with E-state index < -0.39 is 5.90 Å². The van der Waals surface area contributed by atoms with Gasteiger partial charge in [-0.25, -0.2) is 4.57 Å². The lowest BCUT2D eigenvalue weighted by Crippen LogP contribution is -2.27. The van der Waals surface area contributed by atoms with Crippen molar-refractivity contribution in [2.75, 3.05) is 0 Å². The first kappa shape index (κ1) is 6.74. The maximum absolute atomic E-state index is 10.4. The Morgan fingerprint density at radius 1 is 1.50 bits per heavy atom. The summed E-state index contributed by atoms with van der Waals surface area (Å²) >= 11 is 0. The fraction of sp³-hybridized carbons (Fsp3) is 0.143. The van der Waals surface area contributed by atoms with Gasteiger partial charge >= 0.3 is 0 Å². The molecule has 0 aliphatic rings. The van der Waals surface area contributed by atoms with Crippen LogP contribution in [0.4, 0.5) is 0 Å². The molecule has 1 rings (SSSR count). The molecule has 0 aliphatic heterocycles. The second kappa shape index (κ2) is 2.47. The molecule has 0 saturated heterocycles. The van der Waals surface area contributed by atoms with E-state index in [0.717, 1.165) is 0 Å². The van der Waals surface area contributed by atoms with Crippen molar-refractivity contribution in [3.63, 3.8) is 0 Å². The molecule has 1 heterocycles. The minimum absolute atomic E-state index is 0.429. The average Bonchev–Trinajstić information content (AvgIpc) is 1.88. The van der Waals surface area contributed by atoms with E-state index in [1.165, 1.54) is 0 Å². The van der Waals surface area contributed by atoms with Crippen molar-refractivity contribution in [1.29, 1.82) is 5.41 Å².